The van der Waals surface area contributed by atoms with Gasteiger partial charge in [0.2, 0.25) is 0 Å². The van der Waals surface area contributed by atoms with E-state index in [-0.39, 0.29) is 29.6 Å². The van der Waals surface area contributed by atoms with Crippen molar-refractivity contribution in [3.05, 3.63) is 34.2 Å². The number of hydrogen-bond donors (Lipinski definition) is 0. The van der Waals surface area contributed by atoms with Gasteiger partial charge in [-0.05, 0) is 24.8 Å². The van der Waals surface area contributed by atoms with Gasteiger partial charge >= 0.3 is 5.51 Å². The van der Waals surface area contributed by atoms with Gasteiger partial charge in [-0.15, -0.1) is 0 Å². The molecule has 6 heteroatoms. The summed E-state index contributed by atoms with van der Waals surface area (Å²) in [5.74, 6) is -0.146. The molecule has 0 radical (unpaired) electrons. The zero-order valence-corrected chi connectivity index (χ0v) is 8.86. The highest BCUT2D eigenvalue weighted by molar-refractivity contribution is 8.00. The maximum Gasteiger partial charge on any atom is 0.441 e. The lowest BCUT2D eigenvalue weighted by Crippen LogP contribution is -2.22. The lowest BCUT2D eigenvalue weighted by molar-refractivity contribution is -0.0328. The van der Waals surface area contributed by atoms with E-state index in [9.17, 15) is 18.0 Å². The number of aromatic nitrogens is 1. The molecule has 0 N–H and O–H groups in total. The van der Waals surface area contributed by atoms with Gasteiger partial charge in [0.25, 0.3) is 5.56 Å². The number of rotatable bonds is 3. The zero-order valence-electron chi connectivity index (χ0n) is 8.04. The SMILES string of the molecule is Cc1cccn(CCSC(F)(F)F)c1=O. The predicted molar refractivity (Wildman–Crippen MR) is 54.0 cm³/mol. The van der Waals surface area contributed by atoms with E-state index in [4.69, 9.17) is 0 Å². The number of thioether (sulfide) groups is 1. The minimum atomic E-state index is -4.23. The van der Waals surface area contributed by atoms with Crippen LogP contribution >= 0.6 is 11.8 Å². The number of hydrogen-bond acceptors (Lipinski definition) is 2. The standard InChI is InChI=1S/C9H10F3NOS/c1-7-3-2-4-13(8(7)14)5-6-15-9(10,11)12/h2-4H,5-6H2,1H3. The Morgan fingerprint density at radius 2 is 2.13 bits per heavy atom. The van der Waals surface area contributed by atoms with Gasteiger partial charge in [-0.25, -0.2) is 0 Å². The minimum Gasteiger partial charge on any atom is -0.314 e. The predicted octanol–water partition coefficient (Wildman–Crippen LogP) is 2.41. The van der Waals surface area contributed by atoms with Crippen LogP contribution in [0.5, 0.6) is 0 Å². The third-order valence-electron chi connectivity index (χ3n) is 1.81. The molecule has 0 saturated heterocycles. The quantitative estimate of drug-likeness (QED) is 0.805. The Balaban J connectivity index is 2.59. The minimum absolute atomic E-state index is 0.0741. The molecule has 0 aliphatic rings. The summed E-state index contributed by atoms with van der Waals surface area (Å²) in [4.78, 5) is 11.4. The highest BCUT2D eigenvalue weighted by Gasteiger charge is 2.27. The molecule has 0 bridgehead atoms. The third kappa shape index (κ3) is 3.99. The maximum atomic E-state index is 11.8. The summed E-state index contributed by atoms with van der Waals surface area (Å²) in [6, 6.07) is 3.28. The molecule has 0 aliphatic heterocycles. The summed E-state index contributed by atoms with van der Waals surface area (Å²) in [5, 5.41) is 0. The van der Waals surface area contributed by atoms with Crippen molar-refractivity contribution in [2.24, 2.45) is 0 Å². The fourth-order valence-corrected chi connectivity index (χ4v) is 1.61. The van der Waals surface area contributed by atoms with Gasteiger partial charge in [0.15, 0.2) is 0 Å². The van der Waals surface area contributed by atoms with Crippen molar-refractivity contribution in [2.45, 2.75) is 19.0 Å². The van der Waals surface area contributed by atoms with Crippen LogP contribution in [0.25, 0.3) is 0 Å². The number of nitrogens with zero attached hydrogens (tertiary/aromatic N) is 1. The summed E-state index contributed by atoms with van der Waals surface area (Å²) < 4.78 is 36.7. The van der Waals surface area contributed by atoms with E-state index < -0.39 is 5.51 Å². The van der Waals surface area contributed by atoms with Crippen molar-refractivity contribution in [2.75, 3.05) is 5.75 Å². The van der Waals surface area contributed by atoms with E-state index in [1.54, 1.807) is 19.1 Å². The normalized spacial score (nSPS) is 11.7. The Kier molecular flexibility index (Phi) is 3.84. The first kappa shape index (κ1) is 12.2. The average molecular weight is 237 g/mol. The van der Waals surface area contributed by atoms with Crippen molar-refractivity contribution >= 4 is 11.8 Å². The topological polar surface area (TPSA) is 22.0 Å². The summed E-state index contributed by atoms with van der Waals surface area (Å²) in [6.45, 7) is 1.71. The Bertz CT molecular complexity index is 386. The van der Waals surface area contributed by atoms with Gasteiger partial charge in [0, 0.05) is 24.1 Å². The molecule has 1 heterocycles. The van der Waals surface area contributed by atoms with Gasteiger partial charge in [-0.2, -0.15) is 13.2 Å². The maximum absolute atomic E-state index is 11.8. The molecule has 0 fully saturated rings. The van der Waals surface area contributed by atoms with Crippen molar-refractivity contribution in [1.82, 2.24) is 4.57 Å². The van der Waals surface area contributed by atoms with E-state index in [2.05, 4.69) is 0 Å². The summed E-state index contributed by atoms with van der Waals surface area (Å²) in [5.41, 5.74) is -3.93. The highest BCUT2D eigenvalue weighted by Crippen LogP contribution is 2.29. The molecule has 1 rings (SSSR count). The molecule has 0 saturated carbocycles. The molecule has 2 nitrogen and oxygen atoms in total. The van der Waals surface area contributed by atoms with E-state index in [0.717, 1.165) is 0 Å². The van der Waals surface area contributed by atoms with Crippen LogP contribution in [0, 0.1) is 6.92 Å². The number of aryl methyl sites for hydroxylation is 2. The van der Waals surface area contributed by atoms with Crippen LogP contribution < -0.4 is 5.56 Å². The molecule has 0 amide bonds. The second-order valence-electron chi connectivity index (χ2n) is 2.98. The Labute approximate surface area is 89.1 Å². The molecule has 0 unspecified atom stereocenters. The number of alkyl halides is 3. The van der Waals surface area contributed by atoms with Gasteiger partial charge in [-0.1, -0.05) is 6.07 Å². The molecular formula is C9H10F3NOS. The van der Waals surface area contributed by atoms with Crippen LogP contribution in [0.3, 0.4) is 0 Å². The van der Waals surface area contributed by atoms with Crippen LogP contribution in [0.4, 0.5) is 13.2 Å². The molecule has 0 aliphatic carbocycles. The molecule has 0 aromatic carbocycles. The second kappa shape index (κ2) is 4.74. The average Bonchev–Trinajstić information content (AvgIpc) is 2.10. The molecule has 0 spiro atoms. The Morgan fingerprint density at radius 3 is 2.73 bits per heavy atom. The lowest BCUT2D eigenvalue weighted by atomic mass is 10.3. The summed E-state index contributed by atoms with van der Waals surface area (Å²) in [7, 11) is 0. The Hall–Kier alpha value is -0.910. The first-order valence-electron chi connectivity index (χ1n) is 4.27. The molecule has 15 heavy (non-hydrogen) atoms. The number of pyridine rings is 1. The monoisotopic (exact) mass is 237 g/mol. The molecule has 0 atom stereocenters. The number of halogens is 3. The lowest BCUT2D eigenvalue weighted by Gasteiger charge is -2.07. The van der Waals surface area contributed by atoms with Crippen LogP contribution in [-0.4, -0.2) is 15.8 Å². The highest BCUT2D eigenvalue weighted by atomic mass is 32.2. The smallest absolute Gasteiger partial charge is 0.314 e. The van der Waals surface area contributed by atoms with Gasteiger partial charge in [0.1, 0.15) is 0 Å². The van der Waals surface area contributed by atoms with Crippen molar-refractivity contribution in [1.29, 1.82) is 0 Å². The first-order chi connectivity index (χ1) is 6.90. The van der Waals surface area contributed by atoms with Gasteiger partial charge < -0.3 is 4.57 Å². The van der Waals surface area contributed by atoms with E-state index in [0.29, 0.717) is 5.56 Å². The fourth-order valence-electron chi connectivity index (χ4n) is 1.09. The zero-order chi connectivity index (χ0) is 11.5. The first-order valence-corrected chi connectivity index (χ1v) is 5.25. The molecule has 84 valence electrons. The summed E-state index contributed by atoms with van der Waals surface area (Å²) >= 11 is -0.117. The van der Waals surface area contributed by atoms with Crippen LogP contribution in [-0.2, 0) is 6.54 Å². The second-order valence-corrected chi connectivity index (χ2v) is 4.14. The van der Waals surface area contributed by atoms with Crippen molar-refractivity contribution in [3.8, 4) is 0 Å². The van der Waals surface area contributed by atoms with E-state index >= 15 is 0 Å². The van der Waals surface area contributed by atoms with Crippen molar-refractivity contribution < 1.29 is 13.2 Å². The molecule has 1 aromatic rings. The Morgan fingerprint density at radius 1 is 1.47 bits per heavy atom. The van der Waals surface area contributed by atoms with Gasteiger partial charge in [0.05, 0.1) is 0 Å². The van der Waals surface area contributed by atoms with Gasteiger partial charge in [-0.3, -0.25) is 4.79 Å². The van der Waals surface area contributed by atoms with Crippen LogP contribution in [0.2, 0.25) is 0 Å². The van der Waals surface area contributed by atoms with E-state index in [1.165, 1.54) is 10.8 Å². The molecule has 1 aromatic heterocycles. The summed E-state index contributed by atoms with van der Waals surface area (Å²) in [6.07, 6.45) is 1.49. The van der Waals surface area contributed by atoms with Crippen LogP contribution in [0.15, 0.2) is 23.1 Å². The molecular weight excluding hydrogens is 227 g/mol. The fraction of sp³-hybridized carbons (Fsp3) is 0.444. The largest absolute Gasteiger partial charge is 0.441 e. The third-order valence-corrected chi connectivity index (χ3v) is 2.52. The van der Waals surface area contributed by atoms with Crippen LogP contribution in [0.1, 0.15) is 5.56 Å². The van der Waals surface area contributed by atoms with Crippen molar-refractivity contribution in [3.63, 3.8) is 0 Å². The van der Waals surface area contributed by atoms with E-state index in [1.807, 2.05) is 0 Å².